The summed E-state index contributed by atoms with van der Waals surface area (Å²) in [6.45, 7) is 8.52. The van der Waals surface area contributed by atoms with Crippen LogP contribution in [0.15, 0.2) is 18.2 Å². The van der Waals surface area contributed by atoms with Gasteiger partial charge in [0, 0.05) is 0 Å². The fraction of sp³-hybridized carbons (Fsp3) is 0.682. The van der Waals surface area contributed by atoms with Crippen LogP contribution in [-0.2, 0) is 4.79 Å². The third kappa shape index (κ3) is 1.96. The van der Waals surface area contributed by atoms with Gasteiger partial charge in [-0.15, -0.1) is 0 Å². The van der Waals surface area contributed by atoms with Crippen molar-refractivity contribution in [3.63, 3.8) is 0 Å². The molecular weight excluding hydrogens is 308 g/mol. The molecule has 25 heavy (non-hydrogen) atoms. The van der Waals surface area contributed by atoms with Crippen LogP contribution in [0.1, 0.15) is 57.1 Å². The number of carbonyl (C=O) groups is 1. The lowest BCUT2D eigenvalue weighted by Gasteiger charge is -2.60. The van der Waals surface area contributed by atoms with Crippen molar-refractivity contribution >= 4 is 11.6 Å². The van der Waals surface area contributed by atoms with Gasteiger partial charge in [0.05, 0.1) is 11.7 Å². The van der Waals surface area contributed by atoms with Crippen LogP contribution in [-0.4, -0.2) is 22.5 Å². The minimum absolute atomic E-state index is 0.317. The first kappa shape index (κ1) is 15.7. The van der Waals surface area contributed by atoms with Crippen LogP contribution in [0.4, 0.5) is 5.69 Å². The molecular formula is C22H30N2O. The van der Waals surface area contributed by atoms with E-state index in [1.807, 2.05) is 0 Å². The maximum Gasteiger partial charge on any atom is 0.268 e. The zero-order valence-electron chi connectivity index (χ0n) is 16.0. The molecule has 4 fully saturated rings. The van der Waals surface area contributed by atoms with Crippen molar-refractivity contribution in [1.29, 1.82) is 0 Å². The van der Waals surface area contributed by atoms with Crippen LogP contribution >= 0.6 is 0 Å². The lowest BCUT2D eigenvalue weighted by Crippen LogP contribution is -2.78. The zero-order valence-corrected chi connectivity index (χ0v) is 16.0. The standard InChI is InChI=1S/C22H30N2O/c1-13-6-5-7-19(14(13)2)24-22(3,4)21(25)23(24)20-9-8-15-10-16-11-17(20)12-18(15)16/h5-7,15-18,20H,8-12H2,1-4H3. The van der Waals surface area contributed by atoms with Gasteiger partial charge in [-0.05, 0) is 101 Å². The SMILES string of the molecule is Cc1cccc(N2N(C3CCC4CC5CC3CC45)C(=O)C2(C)C)c1C. The van der Waals surface area contributed by atoms with E-state index < -0.39 is 5.54 Å². The fourth-order valence-corrected chi connectivity index (χ4v) is 6.37. The highest BCUT2D eigenvalue weighted by molar-refractivity contribution is 5.98. The summed E-state index contributed by atoms with van der Waals surface area (Å²) in [6, 6.07) is 6.90. The van der Waals surface area contributed by atoms with Crippen LogP contribution in [0, 0.1) is 37.5 Å². The number of fused-ring (bicyclic) bond motifs is 1. The van der Waals surface area contributed by atoms with E-state index in [0.717, 1.165) is 23.7 Å². The maximum absolute atomic E-state index is 13.1. The number of carbonyl (C=O) groups excluding carboxylic acids is 1. The molecule has 5 atom stereocenters. The Morgan fingerprint density at radius 1 is 1.00 bits per heavy atom. The molecule has 134 valence electrons. The Kier molecular flexibility index (Phi) is 3.16. The minimum Gasteiger partial charge on any atom is -0.270 e. The third-order valence-electron chi connectivity index (χ3n) is 7.97. The van der Waals surface area contributed by atoms with E-state index in [-0.39, 0.29) is 0 Å². The highest BCUT2D eigenvalue weighted by Crippen LogP contribution is 2.60. The second kappa shape index (κ2) is 5.02. The van der Waals surface area contributed by atoms with Gasteiger partial charge in [0.25, 0.3) is 5.91 Å². The highest BCUT2D eigenvalue weighted by atomic mass is 16.2. The normalized spacial score (nSPS) is 38.2. The quantitative estimate of drug-likeness (QED) is 0.794. The zero-order chi connectivity index (χ0) is 17.5. The smallest absolute Gasteiger partial charge is 0.268 e. The Labute approximate surface area is 151 Å². The van der Waals surface area contributed by atoms with Gasteiger partial charge in [-0.25, -0.2) is 5.01 Å². The van der Waals surface area contributed by atoms with Gasteiger partial charge in [0.2, 0.25) is 0 Å². The predicted molar refractivity (Wildman–Crippen MR) is 100 cm³/mol. The van der Waals surface area contributed by atoms with Gasteiger partial charge in [0.15, 0.2) is 0 Å². The molecule has 1 aliphatic heterocycles. The van der Waals surface area contributed by atoms with Gasteiger partial charge < -0.3 is 0 Å². The summed E-state index contributed by atoms with van der Waals surface area (Å²) in [5, 5.41) is 4.49. The van der Waals surface area contributed by atoms with E-state index in [9.17, 15) is 4.79 Å². The first-order valence-electron chi connectivity index (χ1n) is 10.1. The first-order chi connectivity index (χ1) is 11.9. The van der Waals surface area contributed by atoms with Gasteiger partial charge in [-0.2, -0.15) is 0 Å². The van der Waals surface area contributed by atoms with Crippen molar-refractivity contribution in [3.05, 3.63) is 29.3 Å². The van der Waals surface area contributed by atoms with Crippen LogP contribution in [0.5, 0.6) is 0 Å². The van der Waals surface area contributed by atoms with E-state index in [1.54, 1.807) is 0 Å². The largest absolute Gasteiger partial charge is 0.270 e. The second-order valence-corrected chi connectivity index (χ2v) is 9.54. The average molecular weight is 338 g/mol. The summed E-state index contributed by atoms with van der Waals surface area (Å²) in [5.74, 6) is 3.94. The Balaban J connectivity index is 1.51. The Morgan fingerprint density at radius 3 is 2.56 bits per heavy atom. The van der Waals surface area contributed by atoms with Crippen LogP contribution in [0.3, 0.4) is 0 Å². The molecule has 3 aliphatic carbocycles. The minimum atomic E-state index is -0.425. The Bertz CT molecular complexity index is 740. The topological polar surface area (TPSA) is 23.6 Å². The molecule has 4 aliphatic rings. The van der Waals surface area contributed by atoms with Gasteiger partial charge in [-0.1, -0.05) is 12.1 Å². The number of anilines is 1. The Hall–Kier alpha value is -1.51. The summed E-state index contributed by atoms with van der Waals surface area (Å²) in [4.78, 5) is 13.1. The molecule has 0 N–H and O–H groups in total. The van der Waals surface area contributed by atoms with Crippen molar-refractivity contribution in [2.24, 2.45) is 23.7 Å². The number of hydrogen-bond donors (Lipinski definition) is 0. The van der Waals surface area contributed by atoms with Gasteiger partial charge in [0.1, 0.15) is 5.54 Å². The van der Waals surface area contributed by atoms with Crippen molar-refractivity contribution in [1.82, 2.24) is 5.01 Å². The maximum atomic E-state index is 13.1. The lowest BCUT2D eigenvalue weighted by atomic mass is 9.64. The van der Waals surface area contributed by atoms with Crippen LogP contribution in [0.2, 0.25) is 0 Å². The molecule has 0 spiro atoms. The highest BCUT2D eigenvalue weighted by Gasteiger charge is 2.60. The average Bonchev–Trinajstić information content (AvgIpc) is 2.80. The summed E-state index contributed by atoms with van der Waals surface area (Å²) < 4.78 is 0. The lowest BCUT2D eigenvalue weighted by molar-refractivity contribution is -0.158. The summed E-state index contributed by atoms with van der Waals surface area (Å²) in [5.41, 5.74) is 3.39. The molecule has 5 rings (SSSR count). The molecule has 0 radical (unpaired) electrons. The summed E-state index contributed by atoms with van der Waals surface area (Å²) >= 11 is 0. The monoisotopic (exact) mass is 338 g/mol. The van der Waals surface area contributed by atoms with E-state index in [4.69, 9.17) is 0 Å². The molecule has 2 bridgehead atoms. The number of nitrogens with zero attached hydrogens (tertiary/aromatic N) is 2. The molecule has 3 nitrogen and oxygen atoms in total. The second-order valence-electron chi connectivity index (χ2n) is 9.54. The molecule has 1 aromatic rings. The van der Waals surface area contributed by atoms with E-state index in [1.165, 1.54) is 48.9 Å². The number of hydrogen-bond acceptors (Lipinski definition) is 2. The van der Waals surface area contributed by atoms with E-state index in [2.05, 4.69) is 55.9 Å². The summed E-state index contributed by atoms with van der Waals surface area (Å²) in [6.07, 6.45) is 6.71. The third-order valence-corrected chi connectivity index (χ3v) is 7.97. The number of hydrazine groups is 1. The number of benzene rings is 1. The molecule has 1 aromatic carbocycles. The van der Waals surface area contributed by atoms with Crippen molar-refractivity contribution in [3.8, 4) is 0 Å². The van der Waals surface area contributed by atoms with E-state index >= 15 is 0 Å². The molecule has 1 heterocycles. The van der Waals surface area contributed by atoms with Crippen LogP contribution < -0.4 is 5.01 Å². The molecule has 1 amide bonds. The first-order valence-corrected chi connectivity index (χ1v) is 10.1. The van der Waals surface area contributed by atoms with Crippen molar-refractivity contribution < 1.29 is 4.79 Å². The van der Waals surface area contributed by atoms with Gasteiger partial charge >= 0.3 is 0 Å². The predicted octanol–water partition coefficient (Wildman–Crippen LogP) is 4.47. The fourth-order valence-electron chi connectivity index (χ4n) is 6.37. The van der Waals surface area contributed by atoms with E-state index in [0.29, 0.717) is 11.9 Å². The number of amides is 1. The number of rotatable bonds is 2. The molecule has 3 heteroatoms. The summed E-state index contributed by atoms with van der Waals surface area (Å²) in [7, 11) is 0. The molecule has 0 aromatic heterocycles. The van der Waals surface area contributed by atoms with Crippen LogP contribution in [0.25, 0.3) is 0 Å². The number of aryl methyl sites for hydroxylation is 1. The van der Waals surface area contributed by atoms with Crippen molar-refractivity contribution in [2.45, 2.75) is 71.4 Å². The van der Waals surface area contributed by atoms with Crippen molar-refractivity contribution in [2.75, 3.05) is 5.01 Å². The Morgan fingerprint density at radius 2 is 1.76 bits per heavy atom. The van der Waals surface area contributed by atoms with Gasteiger partial charge in [-0.3, -0.25) is 9.80 Å². The molecule has 3 saturated carbocycles. The molecule has 5 unspecified atom stereocenters. The molecule has 1 saturated heterocycles.